The second-order valence-electron chi connectivity index (χ2n) is 4.50. The molecule has 0 unspecified atom stereocenters. The van der Waals surface area contributed by atoms with Gasteiger partial charge in [0.05, 0.1) is 0 Å². The van der Waals surface area contributed by atoms with E-state index in [9.17, 15) is 10.2 Å². The van der Waals surface area contributed by atoms with Gasteiger partial charge in [-0.2, -0.15) is 0 Å². The molecule has 0 bridgehead atoms. The Morgan fingerprint density at radius 2 is 1.10 bits per heavy atom. The zero-order valence-corrected chi connectivity index (χ0v) is 13.9. The third kappa shape index (κ3) is 2.97. The Balaban J connectivity index is 1.99. The van der Waals surface area contributed by atoms with E-state index in [2.05, 4.69) is 12.1 Å². The van der Waals surface area contributed by atoms with E-state index in [1.807, 2.05) is 12.1 Å². The molecule has 2 nitrogen and oxygen atoms in total. The first kappa shape index (κ1) is 14.6. The van der Waals surface area contributed by atoms with Gasteiger partial charge in [-0.05, 0) is 0 Å². The molecule has 0 fully saturated rings. The van der Waals surface area contributed by atoms with Crippen LogP contribution in [-0.2, 0) is 0 Å². The van der Waals surface area contributed by atoms with Crippen LogP contribution in [0.15, 0.2) is 48.5 Å². The minimum absolute atomic E-state index is 0.0880. The fourth-order valence-electron chi connectivity index (χ4n) is 1.97. The Kier molecular flexibility index (Phi) is 4.01. The molecule has 3 rings (SSSR count). The van der Waals surface area contributed by atoms with Crippen molar-refractivity contribution in [2.75, 3.05) is 0 Å². The van der Waals surface area contributed by atoms with E-state index in [4.69, 9.17) is 23.2 Å². The molecule has 0 aliphatic rings. The van der Waals surface area contributed by atoms with Crippen molar-refractivity contribution in [1.82, 2.24) is 0 Å². The summed E-state index contributed by atoms with van der Waals surface area (Å²) in [6.45, 7) is 0. The predicted molar refractivity (Wildman–Crippen MR) is 87.6 cm³/mol. The first-order valence-electron chi connectivity index (χ1n) is 6.12. The number of hydrogen-bond acceptors (Lipinski definition) is 2. The van der Waals surface area contributed by atoms with E-state index in [0.717, 1.165) is 11.1 Å². The number of phenols is 2. The summed E-state index contributed by atoms with van der Waals surface area (Å²) in [4.78, 5) is 0. The van der Waals surface area contributed by atoms with Gasteiger partial charge in [0.1, 0.15) is 0 Å². The topological polar surface area (TPSA) is 40.5 Å². The van der Waals surface area contributed by atoms with E-state index >= 15 is 0 Å². The van der Waals surface area contributed by atoms with Gasteiger partial charge in [-0.3, -0.25) is 0 Å². The van der Waals surface area contributed by atoms with Crippen LogP contribution < -0.4 is 0 Å². The number of benzene rings is 2. The van der Waals surface area contributed by atoms with Gasteiger partial charge >= 0.3 is 138 Å². The number of phenolic OH excluding ortho intramolecular Hbond substituents is 2. The van der Waals surface area contributed by atoms with Gasteiger partial charge in [-0.1, -0.05) is 0 Å². The van der Waals surface area contributed by atoms with Crippen LogP contribution in [-0.4, -0.2) is 24.7 Å². The van der Waals surface area contributed by atoms with Crippen LogP contribution in [0.5, 0.6) is 11.5 Å². The summed E-state index contributed by atoms with van der Waals surface area (Å²) >= 11 is 12.0. The molecular formula is C16H10Cl2O2Se. The molecule has 0 spiro atoms. The molecule has 3 aromatic rings. The molecule has 1 heterocycles. The van der Waals surface area contributed by atoms with E-state index < -0.39 is 0 Å². The second-order valence-corrected chi connectivity index (χ2v) is 7.58. The van der Waals surface area contributed by atoms with Gasteiger partial charge in [0.25, 0.3) is 0 Å². The standard InChI is InChI=1S/C16H10Cl2O2Se/c17-11-7-9(1-3-13(11)19)15-5-6-16(21-15)10-2-4-14(20)12(18)8-10/h1-8,19-20H. The van der Waals surface area contributed by atoms with Crippen molar-refractivity contribution in [3.05, 3.63) is 58.6 Å². The van der Waals surface area contributed by atoms with Crippen molar-refractivity contribution < 1.29 is 10.2 Å². The summed E-state index contributed by atoms with van der Waals surface area (Å²) < 4.78 is 2.37. The van der Waals surface area contributed by atoms with E-state index in [1.165, 1.54) is 8.87 Å². The average molecular weight is 384 g/mol. The van der Waals surface area contributed by atoms with Crippen molar-refractivity contribution in [3.63, 3.8) is 0 Å². The fraction of sp³-hybridized carbons (Fsp3) is 0. The first-order valence-corrected chi connectivity index (χ1v) is 8.59. The van der Waals surface area contributed by atoms with Crippen LogP contribution in [0.2, 0.25) is 10.0 Å². The minimum atomic E-state index is 0.0880. The van der Waals surface area contributed by atoms with Crippen LogP contribution in [0.3, 0.4) is 0 Å². The van der Waals surface area contributed by atoms with Crippen LogP contribution in [0.25, 0.3) is 20.0 Å². The maximum absolute atomic E-state index is 9.48. The Morgan fingerprint density at radius 1 is 0.667 bits per heavy atom. The molecule has 0 aliphatic heterocycles. The second kappa shape index (κ2) is 5.78. The summed E-state index contributed by atoms with van der Waals surface area (Å²) in [6.07, 6.45) is 0. The quantitative estimate of drug-likeness (QED) is 0.624. The van der Waals surface area contributed by atoms with Gasteiger partial charge < -0.3 is 0 Å². The summed E-state index contributed by atoms with van der Waals surface area (Å²) in [5, 5.41) is 19.7. The van der Waals surface area contributed by atoms with Crippen LogP contribution in [0, 0.1) is 0 Å². The normalized spacial score (nSPS) is 10.8. The Hall–Kier alpha value is -1.38. The van der Waals surface area contributed by atoms with Crippen molar-refractivity contribution in [1.29, 1.82) is 0 Å². The number of rotatable bonds is 2. The Morgan fingerprint density at radius 3 is 1.48 bits per heavy atom. The summed E-state index contributed by atoms with van der Waals surface area (Å²) in [6, 6.07) is 14.6. The van der Waals surface area contributed by atoms with Crippen LogP contribution >= 0.6 is 23.2 Å². The predicted octanol–water partition coefficient (Wildman–Crippen LogP) is 4.80. The van der Waals surface area contributed by atoms with Crippen molar-refractivity contribution in [2.45, 2.75) is 0 Å². The summed E-state index contributed by atoms with van der Waals surface area (Å²) in [7, 11) is 0. The molecule has 21 heavy (non-hydrogen) atoms. The van der Waals surface area contributed by atoms with Crippen molar-refractivity contribution in [2.24, 2.45) is 0 Å². The number of hydrogen-bond donors (Lipinski definition) is 2. The molecule has 5 heteroatoms. The first-order chi connectivity index (χ1) is 10.0. The third-order valence-corrected chi connectivity index (χ3v) is 6.16. The SMILES string of the molecule is Oc1ccc(-c2ccc(-c3ccc(O)c(Cl)c3)[se]2)cc1Cl. The number of halogens is 2. The zero-order valence-electron chi connectivity index (χ0n) is 10.7. The third-order valence-electron chi connectivity index (χ3n) is 3.07. The molecule has 2 aromatic carbocycles. The zero-order chi connectivity index (χ0) is 15.0. The maximum atomic E-state index is 9.48. The molecule has 0 saturated heterocycles. The molecule has 0 saturated carbocycles. The van der Waals surface area contributed by atoms with Gasteiger partial charge in [0, 0.05) is 0 Å². The van der Waals surface area contributed by atoms with Gasteiger partial charge in [-0.25, -0.2) is 0 Å². The Labute approximate surface area is 137 Å². The van der Waals surface area contributed by atoms with E-state index in [-0.39, 0.29) is 26.0 Å². The molecule has 0 amide bonds. The monoisotopic (exact) mass is 384 g/mol. The molecule has 0 aliphatic carbocycles. The van der Waals surface area contributed by atoms with E-state index in [1.54, 1.807) is 24.3 Å². The average Bonchev–Trinajstić information content (AvgIpc) is 2.94. The molecule has 2 N–H and O–H groups in total. The summed E-state index contributed by atoms with van der Waals surface area (Å²) in [5.41, 5.74) is 2.02. The van der Waals surface area contributed by atoms with Crippen LogP contribution in [0.1, 0.15) is 0 Å². The summed E-state index contributed by atoms with van der Waals surface area (Å²) in [5.74, 6) is 0.176. The molecular weight excluding hydrogens is 374 g/mol. The van der Waals surface area contributed by atoms with E-state index in [0.29, 0.717) is 10.0 Å². The van der Waals surface area contributed by atoms with Gasteiger partial charge in [0.2, 0.25) is 0 Å². The van der Waals surface area contributed by atoms with Crippen molar-refractivity contribution >= 4 is 37.7 Å². The number of aromatic hydroxyl groups is 2. The van der Waals surface area contributed by atoms with Crippen LogP contribution in [0.4, 0.5) is 0 Å². The molecule has 0 atom stereocenters. The molecule has 0 radical (unpaired) electrons. The Bertz CT molecular complexity index is 746. The molecule has 106 valence electrons. The molecule has 1 aromatic heterocycles. The fourth-order valence-corrected chi connectivity index (χ4v) is 4.42. The van der Waals surface area contributed by atoms with Gasteiger partial charge in [0.15, 0.2) is 0 Å². The van der Waals surface area contributed by atoms with Gasteiger partial charge in [-0.15, -0.1) is 0 Å². The van der Waals surface area contributed by atoms with Crippen molar-refractivity contribution in [3.8, 4) is 31.5 Å².